The van der Waals surface area contributed by atoms with Crippen LogP contribution in [-0.2, 0) is 4.79 Å². The van der Waals surface area contributed by atoms with Crippen molar-refractivity contribution >= 4 is 28.7 Å². The van der Waals surface area contributed by atoms with E-state index in [1.807, 2.05) is 0 Å². The molecule has 0 radical (unpaired) electrons. The summed E-state index contributed by atoms with van der Waals surface area (Å²) in [4.78, 5) is 49.2. The van der Waals surface area contributed by atoms with Crippen molar-refractivity contribution in [3.63, 3.8) is 0 Å². The van der Waals surface area contributed by atoms with Crippen molar-refractivity contribution in [2.24, 2.45) is 0 Å². The van der Waals surface area contributed by atoms with E-state index in [1.54, 1.807) is 4.57 Å². The Morgan fingerprint density at radius 2 is 1.81 bits per heavy atom. The fourth-order valence-electron chi connectivity index (χ4n) is 3.57. The number of rotatable bonds is 4. The zero-order chi connectivity index (χ0) is 18.5. The van der Waals surface area contributed by atoms with Gasteiger partial charge >= 0.3 is 5.69 Å². The smallest absolute Gasteiger partial charge is 0.330 e. The summed E-state index contributed by atoms with van der Waals surface area (Å²) >= 11 is 1.34. The molecule has 3 fully saturated rings. The molecule has 2 saturated carbocycles. The number of aromatic amines is 1. The van der Waals surface area contributed by atoms with Crippen LogP contribution >= 0.6 is 11.8 Å². The Morgan fingerprint density at radius 3 is 2.56 bits per heavy atom. The second-order valence-electron chi connectivity index (χ2n) is 7.61. The largest absolute Gasteiger partial charge is 0.355 e. The summed E-state index contributed by atoms with van der Waals surface area (Å²) in [5.41, 5.74) is -0.441. The van der Waals surface area contributed by atoms with E-state index in [-0.39, 0.29) is 17.2 Å². The highest BCUT2D eigenvalue weighted by atomic mass is 32.2. The lowest BCUT2D eigenvalue weighted by Gasteiger charge is -2.15. The summed E-state index contributed by atoms with van der Waals surface area (Å²) in [6, 6.07) is 0.0952. The van der Waals surface area contributed by atoms with E-state index in [0.717, 1.165) is 44.9 Å². The molecular formula is C18H21N5O3S. The summed E-state index contributed by atoms with van der Waals surface area (Å²) < 4.78 is 1.61. The number of fused-ring (bicyclic) bond motifs is 1. The van der Waals surface area contributed by atoms with Crippen LogP contribution in [0.1, 0.15) is 62.7 Å². The van der Waals surface area contributed by atoms with Crippen LogP contribution in [0.3, 0.4) is 0 Å². The van der Waals surface area contributed by atoms with Gasteiger partial charge in [-0.2, -0.15) is 0 Å². The lowest BCUT2D eigenvalue weighted by atomic mass is 10.2. The molecule has 1 amide bonds. The fourth-order valence-corrected chi connectivity index (χ4v) is 4.77. The maximum Gasteiger partial charge on any atom is 0.330 e. The normalized spacial score (nSPS) is 23.3. The van der Waals surface area contributed by atoms with Gasteiger partial charge in [0.25, 0.3) is 5.56 Å². The van der Waals surface area contributed by atoms with Crippen molar-refractivity contribution < 1.29 is 4.79 Å². The van der Waals surface area contributed by atoms with Gasteiger partial charge < -0.3 is 5.32 Å². The second kappa shape index (κ2) is 6.47. The molecule has 0 spiro atoms. The third-order valence-electron chi connectivity index (χ3n) is 5.36. The average molecular weight is 387 g/mol. The summed E-state index contributed by atoms with van der Waals surface area (Å²) in [5, 5.41) is 3.52. The predicted octanol–water partition coefficient (Wildman–Crippen LogP) is 1.45. The van der Waals surface area contributed by atoms with E-state index in [4.69, 9.17) is 0 Å². The Balaban J connectivity index is 1.68. The molecule has 5 rings (SSSR count). The number of nitrogens with zero attached hydrogens (tertiary/aromatic N) is 3. The summed E-state index contributed by atoms with van der Waals surface area (Å²) in [6.07, 6.45) is 6.54. The molecule has 8 nitrogen and oxygen atoms in total. The Bertz CT molecular complexity index is 1040. The minimum Gasteiger partial charge on any atom is -0.355 e. The highest BCUT2D eigenvalue weighted by molar-refractivity contribution is 8.00. The number of nitrogens with one attached hydrogen (secondary N) is 2. The van der Waals surface area contributed by atoms with Gasteiger partial charge in [-0.15, -0.1) is 0 Å². The molecule has 27 heavy (non-hydrogen) atoms. The van der Waals surface area contributed by atoms with Crippen LogP contribution in [0.5, 0.6) is 0 Å². The van der Waals surface area contributed by atoms with Gasteiger partial charge in [0.05, 0.1) is 5.25 Å². The molecular weight excluding hydrogens is 366 g/mol. The standard InChI is InChI=1S/C18H21N5O3S/c24-15-11(3-1-2-8-19-15)27-17-12-14(20-13(21-17)9-4-5-9)23(10-6-7-10)18(26)22-16(12)25/h9-11H,1-8H2,(H,19,24)(H,22,25,26)/t11-/m1/s1. The van der Waals surface area contributed by atoms with E-state index in [2.05, 4.69) is 20.3 Å². The maximum absolute atomic E-state index is 12.6. The van der Waals surface area contributed by atoms with Crippen LogP contribution in [0.15, 0.2) is 14.6 Å². The molecule has 142 valence electrons. The van der Waals surface area contributed by atoms with Crippen LogP contribution in [-0.4, -0.2) is 37.2 Å². The molecule has 1 saturated heterocycles. The molecule has 2 aliphatic carbocycles. The van der Waals surface area contributed by atoms with Crippen molar-refractivity contribution in [3.8, 4) is 0 Å². The zero-order valence-corrected chi connectivity index (χ0v) is 15.7. The SMILES string of the molecule is O=C1NCCCC[C@H]1Sc1nc(C2CC2)nc2c1c(=O)[nH]c(=O)n2C1CC1. The number of carbonyl (C=O) groups excluding carboxylic acids is 1. The quantitative estimate of drug-likeness (QED) is 0.769. The van der Waals surface area contributed by atoms with Gasteiger partial charge in [-0.25, -0.2) is 14.8 Å². The van der Waals surface area contributed by atoms with Gasteiger partial charge in [0.2, 0.25) is 5.91 Å². The Morgan fingerprint density at radius 1 is 1.00 bits per heavy atom. The Kier molecular flexibility index (Phi) is 4.07. The van der Waals surface area contributed by atoms with Gasteiger partial charge in [-0.1, -0.05) is 18.2 Å². The van der Waals surface area contributed by atoms with E-state index in [0.29, 0.717) is 34.3 Å². The molecule has 0 bridgehead atoms. The van der Waals surface area contributed by atoms with Crippen LogP contribution in [0.2, 0.25) is 0 Å². The number of hydrogen-bond acceptors (Lipinski definition) is 6. The lowest BCUT2D eigenvalue weighted by molar-refractivity contribution is -0.120. The number of thioether (sulfide) groups is 1. The van der Waals surface area contributed by atoms with E-state index in [1.165, 1.54) is 11.8 Å². The van der Waals surface area contributed by atoms with Crippen molar-refractivity contribution in [2.75, 3.05) is 6.54 Å². The zero-order valence-electron chi connectivity index (χ0n) is 14.9. The second-order valence-corrected chi connectivity index (χ2v) is 8.81. The lowest BCUT2D eigenvalue weighted by Crippen LogP contribution is -2.32. The summed E-state index contributed by atoms with van der Waals surface area (Å²) in [7, 11) is 0. The van der Waals surface area contributed by atoms with E-state index < -0.39 is 11.2 Å². The highest BCUT2D eigenvalue weighted by Gasteiger charge is 2.33. The van der Waals surface area contributed by atoms with Crippen LogP contribution in [0.25, 0.3) is 11.0 Å². The third-order valence-corrected chi connectivity index (χ3v) is 6.61. The topological polar surface area (TPSA) is 110 Å². The number of hydrogen-bond donors (Lipinski definition) is 2. The van der Waals surface area contributed by atoms with Crippen molar-refractivity contribution in [2.45, 2.75) is 67.2 Å². The first-order valence-electron chi connectivity index (χ1n) is 9.62. The van der Waals surface area contributed by atoms with Gasteiger partial charge in [0, 0.05) is 18.5 Å². The first kappa shape index (κ1) is 17.0. The van der Waals surface area contributed by atoms with Crippen molar-refractivity contribution in [3.05, 3.63) is 26.7 Å². The molecule has 3 aliphatic rings. The Labute approximate surface area is 159 Å². The van der Waals surface area contributed by atoms with Gasteiger partial charge in [-0.05, 0) is 38.5 Å². The van der Waals surface area contributed by atoms with Crippen LogP contribution in [0, 0.1) is 0 Å². The summed E-state index contributed by atoms with van der Waals surface area (Å²) in [5.74, 6) is 0.973. The molecule has 9 heteroatoms. The van der Waals surface area contributed by atoms with Gasteiger partial charge in [0.15, 0.2) is 5.65 Å². The summed E-state index contributed by atoms with van der Waals surface area (Å²) in [6.45, 7) is 0.690. The molecule has 3 heterocycles. The monoisotopic (exact) mass is 387 g/mol. The molecule has 2 N–H and O–H groups in total. The third kappa shape index (κ3) is 3.18. The molecule has 1 aliphatic heterocycles. The number of aromatic nitrogens is 4. The van der Waals surface area contributed by atoms with Gasteiger partial charge in [-0.3, -0.25) is 19.1 Å². The highest BCUT2D eigenvalue weighted by Crippen LogP contribution is 2.41. The molecule has 2 aromatic heterocycles. The Hall–Kier alpha value is -2.16. The predicted molar refractivity (Wildman–Crippen MR) is 101 cm³/mol. The van der Waals surface area contributed by atoms with Crippen molar-refractivity contribution in [1.29, 1.82) is 0 Å². The van der Waals surface area contributed by atoms with Crippen molar-refractivity contribution in [1.82, 2.24) is 24.8 Å². The average Bonchev–Trinajstić information content (AvgIpc) is 3.50. The first-order chi connectivity index (χ1) is 13.1. The van der Waals surface area contributed by atoms with Crippen LogP contribution in [0.4, 0.5) is 0 Å². The van der Waals surface area contributed by atoms with E-state index >= 15 is 0 Å². The number of amides is 1. The number of carbonyl (C=O) groups is 1. The molecule has 0 aromatic carbocycles. The molecule has 1 atom stereocenters. The van der Waals surface area contributed by atoms with Crippen LogP contribution < -0.4 is 16.6 Å². The van der Waals surface area contributed by atoms with E-state index in [9.17, 15) is 14.4 Å². The maximum atomic E-state index is 12.6. The minimum atomic E-state index is -0.467. The molecule has 2 aromatic rings. The number of H-pyrrole nitrogens is 1. The first-order valence-corrected chi connectivity index (χ1v) is 10.5. The van der Waals surface area contributed by atoms with Gasteiger partial charge in [0.1, 0.15) is 16.2 Å². The molecule has 0 unspecified atom stereocenters. The fraction of sp³-hybridized carbons (Fsp3) is 0.611. The minimum absolute atomic E-state index is 0.0100.